The van der Waals surface area contributed by atoms with Crippen molar-refractivity contribution in [1.82, 2.24) is 5.32 Å². The topological polar surface area (TPSA) is 59.6 Å². The third-order valence-corrected chi connectivity index (χ3v) is 3.45. The summed E-state index contributed by atoms with van der Waals surface area (Å²) in [6.07, 6.45) is 0.967. The van der Waals surface area contributed by atoms with Crippen molar-refractivity contribution in [3.63, 3.8) is 0 Å². The van der Waals surface area contributed by atoms with E-state index in [1.807, 2.05) is 45.9 Å². The van der Waals surface area contributed by atoms with E-state index in [2.05, 4.69) is 10.6 Å². The molecule has 1 aliphatic heterocycles. The quantitative estimate of drug-likeness (QED) is 0.896. The molecule has 0 unspecified atom stereocenters. The molecule has 5 nitrogen and oxygen atoms in total. The van der Waals surface area contributed by atoms with Crippen LogP contribution in [0.1, 0.15) is 32.8 Å². The van der Waals surface area contributed by atoms with E-state index in [0.29, 0.717) is 13.2 Å². The minimum Gasteiger partial charge on any atom is -0.491 e. The number of amides is 2. The molecule has 0 spiro atoms. The van der Waals surface area contributed by atoms with Crippen LogP contribution in [-0.2, 0) is 4.74 Å². The number of rotatable bonds is 4. The van der Waals surface area contributed by atoms with Crippen LogP contribution in [0.15, 0.2) is 18.2 Å². The molecule has 0 radical (unpaired) electrons. The lowest BCUT2D eigenvalue weighted by Crippen LogP contribution is -2.48. The maximum Gasteiger partial charge on any atom is 0.319 e. The fourth-order valence-electron chi connectivity index (χ4n) is 2.32. The van der Waals surface area contributed by atoms with Gasteiger partial charge in [-0.3, -0.25) is 0 Å². The molecule has 5 heteroatoms. The number of aryl methyl sites for hydroxylation is 1. The van der Waals surface area contributed by atoms with Gasteiger partial charge in [0.25, 0.3) is 0 Å². The largest absolute Gasteiger partial charge is 0.491 e. The summed E-state index contributed by atoms with van der Waals surface area (Å²) in [5.74, 6) is 0.810. The molecular weight excluding hydrogens is 268 g/mol. The van der Waals surface area contributed by atoms with Gasteiger partial charge in [0.05, 0.1) is 18.2 Å². The molecule has 116 valence electrons. The number of benzene rings is 1. The lowest BCUT2D eigenvalue weighted by molar-refractivity contribution is 0.172. The Labute approximate surface area is 126 Å². The van der Waals surface area contributed by atoms with Crippen LogP contribution in [0, 0.1) is 6.92 Å². The Morgan fingerprint density at radius 2 is 2.19 bits per heavy atom. The Morgan fingerprint density at radius 1 is 1.43 bits per heavy atom. The zero-order valence-electron chi connectivity index (χ0n) is 13.2. The van der Waals surface area contributed by atoms with Crippen molar-refractivity contribution < 1.29 is 14.3 Å². The predicted octanol–water partition coefficient (Wildman–Crippen LogP) is 3.08. The summed E-state index contributed by atoms with van der Waals surface area (Å²) >= 11 is 0. The van der Waals surface area contributed by atoms with Crippen molar-refractivity contribution >= 4 is 11.7 Å². The van der Waals surface area contributed by atoms with E-state index < -0.39 is 0 Å². The van der Waals surface area contributed by atoms with Gasteiger partial charge in [0.2, 0.25) is 0 Å². The number of carbonyl (C=O) groups is 1. The summed E-state index contributed by atoms with van der Waals surface area (Å²) in [5, 5.41) is 5.85. The van der Waals surface area contributed by atoms with E-state index in [1.165, 1.54) is 0 Å². The summed E-state index contributed by atoms with van der Waals surface area (Å²) in [6, 6.07) is 5.45. The highest BCUT2D eigenvalue weighted by molar-refractivity contribution is 5.90. The van der Waals surface area contributed by atoms with Crippen molar-refractivity contribution in [3.8, 4) is 5.75 Å². The van der Waals surface area contributed by atoms with Gasteiger partial charge in [-0.15, -0.1) is 0 Å². The number of urea groups is 1. The number of nitrogens with one attached hydrogen (secondary N) is 2. The van der Waals surface area contributed by atoms with Crippen molar-refractivity contribution in [3.05, 3.63) is 23.8 Å². The highest BCUT2D eigenvalue weighted by Gasteiger charge is 2.31. The van der Waals surface area contributed by atoms with Gasteiger partial charge in [0, 0.05) is 12.3 Å². The van der Waals surface area contributed by atoms with E-state index in [-0.39, 0.29) is 17.7 Å². The molecule has 1 aromatic rings. The van der Waals surface area contributed by atoms with Crippen LogP contribution in [0.2, 0.25) is 0 Å². The van der Waals surface area contributed by atoms with Gasteiger partial charge in [-0.25, -0.2) is 4.79 Å². The lowest BCUT2D eigenvalue weighted by atomic mass is 10.0. The summed E-state index contributed by atoms with van der Waals surface area (Å²) in [7, 11) is 0. The fourth-order valence-corrected chi connectivity index (χ4v) is 2.32. The van der Waals surface area contributed by atoms with E-state index in [1.54, 1.807) is 0 Å². The zero-order valence-corrected chi connectivity index (χ0v) is 13.2. The second kappa shape index (κ2) is 6.35. The smallest absolute Gasteiger partial charge is 0.319 e. The van der Waals surface area contributed by atoms with Gasteiger partial charge in [-0.05, 0) is 57.9 Å². The van der Waals surface area contributed by atoms with Gasteiger partial charge < -0.3 is 20.1 Å². The number of anilines is 1. The molecule has 0 saturated carbocycles. The number of carbonyl (C=O) groups excluding carboxylic acids is 1. The molecule has 2 rings (SSSR count). The van der Waals surface area contributed by atoms with Crippen molar-refractivity contribution in [1.29, 1.82) is 0 Å². The Kier molecular flexibility index (Phi) is 4.73. The average Bonchev–Trinajstić information content (AvgIpc) is 2.78. The third-order valence-electron chi connectivity index (χ3n) is 3.45. The average molecular weight is 292 g/mol. The van der Waals surface area contributed by atoms with Crippen LogP contribution in [-0.4, -0.2) is 30.9 Å². The van der Waals surface area contributed by atoms with Gasteiger partial charge >= 0.3 is 6.03 Å². The van der Waals surface area contributed by atoms with Gasteiger partial charge in [-0.2, -0.15) is 0 Å². The van der Waals surface area contributed by atoms with Crippen LogP contribution < -0.4 is 15.4 Å². The van der Waals surface area contributed by atoms with E-state index in [9.17, 15) is 4.79 Å². The molecule has 1 heterocycles. The Bertz CT molecular complexity index is 508. The van der Waals surface area contributed by atoms with Crippen molar-refractivity contribution in [2.24, 2.45) is 0 Å². The Hall–Kier alpha value is -1.75. The predicted molar refractivity (Wildman–Crippen MR) is 82.9 cm³/mol. The molecule has 0 aliphatic carbocycles. The van der Waals surface area contributed by atoms with Crippen LogP contribution in [0.4, 0.5) is 10.5 Å². The highest BCUT2D eigenvalue weighted by atomic mass is 16.5. The number of hydrogen-bond donors (Lipinski definition) is 2. The first kappa shape index (κ1) is 15.6. The van der Waals surface area contributed by atoms with Crippen LogP contribution in [0.25, 0.3) is 0 Å². The molecule has 21 heavy (non-hydrogen) atoms. The third kappa shape index (κ3) is 4.36. The molecule has 1 saturated heterocycles. The minimum atomic E-state index is -0.279. The van der Waals surface area contributed by atoms with Gasteiger partial charge in [0.1, 0.15) is 5.75 Å². The van der Waals surface area contributed by atoms with Crippen LogP contribution >= 0.6 is 0 Å². The summed E-state index contributed by atoms with van der Waals surface area (Å²) in [4.78, 5) is 12.1. The first-order valence-electron chi connectivity index (χ1n) is 7.32. The maximum atomic E-state index is 12.1. The maximum absolute atomic E-state index is 12.1. The van der Waals surface area contributed by atoms with Crippen LogP contribution in [0.5, 0.6) is 5.75 Å². The summed E-state index contributed by atoms with van der Waals surface area (Å²) in [5.41, 5.74) is 1.47. The highest BCUT2D eigenvalue weighted by Crippen LogP contribution is 2.23. The van der Waals surface area contributed by atoms with Crippen molar-refractivity contribution in [2.45, 2.75) is 45.8 Å². The molecular formula is C16H24N2O3. The summed E-state index contributed by atoms with van der Waals surface area (Å²) < 4.78 is 11.0. The SMILES string of the molecule is Cc1cc(OC(C)C)ccc1NC(=O)N[C@]1(C)CCOC1. The molecule has 1 aromatic carbocycles. The minimum absolute atomic E-state index is 0.133. The molecule has 0 bridgehead atoms. The first-order chi connectivity index (χ1) is 9.88. The Balaban J connectivity index is 1.97. The first-order valence-corrected chi connectivity index (χ1v) is 7.32. The van der Waals surface area contributed by atoms with E-state index >= 15 is 0 Å². The molecule has 0 aromatic heterocycles. The van der Waals surface area contributed by atoms with E-state index in [4.69, 9.17) is 9.47 Å². The van der Waals surface area contributed by atoms with Crippen LogP contribution in [0.3, 0.4) is 0 Å². The molecule has 1 fully saturated rings. The molecule has 2 N–H and O–H groups in total. The number of hydrogen-bond acceptors (Lipinski definition) is 3. The van der Waals surface area contributed by atoms with E-state index in [0.717, 1.165) is 23.4 Å². The number of ether oxygens (including phenoxy) is 2. The monoisotopic (exact) mass is 292 g/mol. The van der Waals surface area contributed by atoms with Gasteiger partial charge in [0.15, 0.2) is 0 Å². The normalized spacial score (nSPS) is 21.4. The second-order valence-electron chi connectivity index (χ2n) is 6.09. The zero-order chi connectivity index (χ0) is 15.5. The lowest BCUT2D eigenvalue weighted by Gasteiger charge is -2.24. The van der Waals surface area contributed by atoms with Gasteiger partial charge in [-0.1, -0.05) is 0 Å². The molecule has 1 aliphatic rings. The van der Waals surface area contributed by atoms with Crippen molar-refractivity contribution in [2.75, 3.05) is 18.5 Å². The summed E-state index contributed by atoms with van der Waals surface area (Å²) in [6.45, 7) is 9.16. The standard InChI is InChI=1S/C16H24N2O3/c1-11(2)21-13-5-6-14(12(3)9-13)17-15(19)18-16(4)7-8-20-10-16/h5-6,9,11H,7-8,10H2,1-4H3,(H2,17,18,19)/t16-/m1/s1. The molecule has 1 atom stereocenters. The Morgan fingerprint density at radius 3 is 2.76 bits per heavy atom. The molecule has 2 amide bonds. The fraction of sp³-hybridized carbons (Fsp3) is 0.562. The second-order valence-corrected chi connectivity index (χ2v) is 6.09.